The molecule has 0 spiro atoms. The van der Waals surface area contributed by atoms with Gasteiger partial charge < -0.3 is 5.32 Å². The van der Waals surface area contributed by atoms with Gasteiger partial charge in [-0.2, -0.15) is 0 Å². The molecule has 1 aliphatic carbocycles. The second kappa shape index (κ2) is 8.34. The summed E-state index contributed by atoms with van der Waals surface area (Å²) in [5.41, 5.74) is 4.20. The molecule has 0 amide bonds. The SMILES string of the molecule is Cc1ccc(C2CC(N(Cc3ccc(Br)c(Cl)c3)C3CC4CCC(C3)N4)C2)cc1. The van der Waals surface area contributed by atoms with Gasteiger partial charge >= 0.3 is 0 Å². The van der Waals surface area contributed by atoms with E-state index in [0.717, 1.165) is 34.0 Å². The first-order valence-electron chi connectivity index (χ1n) is 11.1. The molecule has 2 nitrogen and oxygen atoms in total. The number of nitrogens with one attached hydrogen (secondary N) is 1. The van der Waals surface area contributed by atoms with E-state index in [2.05, 4.69) is 75.5 Å². The number of hydrogen-bond donors (Lipinski definition) is 1. The molecule has 2 aromatic carbocycles. The van der Waals surface area contributed by atoms with Crippen LogP contribution in [0.3, 0.4) is 0 Å². The van der Waals surface area contributed by atoms with Crippen molar-refractivity contribution in [2.45, 2.75) is 82.1 Å². The molecule has 154 valence electrons. The summed E-state index contributed by atoms with van der Waals surface area (Å²) in [6, 6.07) is 18.5. The fourth-order valence-corrected chi connectivity index (χ4v) is 6.12. The third-order valence-electron chi connectivity index (χ3n) is 7.40. The third kappa shape index (κ3) is 4.30. The second-order valence-electron chi connectivity index (χ2n) is 9.42. The average Bonchev–Trinajstić information content (AvgIpc) is 3.02. The molecule has 1 N–H and O–H groups in total. The van der Waals surface area contributed by atoms with Crippen molar-refractivity contribution in [3.8, 4) is 0 Å². The van der Waals surface area contributed by atoms with Gasteiger partial charge in [0.1, 0.15) is 0 Å². The molecule has 1 saturated carbocycles. The Kier molecular flexibility index (Phi) is 5.77. The summed E-state index contributed by atoms with van der Waals surface area (Å²) in [6.07, 6.45) is 7.88. The maximum atomic E-state index is 6.41. The van der Waals surface area contributed by atoms with Crippen LogP contribution in [0.2, 0.25) is 5.02 Å². The van der Waals surface area contributed by atoms with Crippen LogP contribution in [0.1, 0.15) is 61.1 Å². The molecular weight excluding hydrogens is 444 g/mol. The number of hydrogen-bond acceptors (Lipinski definition) is 2. The van der Waals surface area contributed by atoms with Crippen LogP contribution >= 0.6 is 27.5 Å². The van der Waals surface area contributed by atoms with E-state index in [-0.39, 0.29) is 0 Å². The molecule has 0 aromatic heterocycles. The summed E-state index contributed by atoms with van der Waals surface area (Å²) >= 11 is 9.94. The summed E-state index contributed by atoms with van der Waals surface area (Å²) in [5, 5.41) is 4.63. The van der Waals surface area contributed by atoms with Crippen LogP contribution in [0, 0.1) is 6.92 Å². The zero-order chi connectivity index (χ0) is 20.0. The fourth-order valence-electron chi connectivity index (χ4n) is 5.67. The summed E-state index contributed by atoms with van der Waals surface area (Å²) in [7, 11) is 0. The number of rotatable bonds is 5. The molecular formula is C25H30BrClN2. The molecule has 3 fully saturated rings. The summed E-state index contributed by atoms with van der Waals surface area (Å²) < 4.78 is 0.984. The zero-order valence-electron chi connectivity index (χ0n) is 17.1. The molecule has 2 atom stereocenters. The Morgan fingerprint density at radius 3 is 2.28 bits per heavy atom. The molecule has 2 aliphatic heterocycles. The summed E-state index contributed by atoms with van der Waals surface area (Å²) in [4.78, 5) is 2.83. The number of piperidine rings is 1. The van der Waals surface area contributed by atoms with Crippen LogP contribution in [0.15, 0.2) is 46.9 Å². The van der Waals surface area contributed by atoms with Gasteiger partial charge in [-0.3, -0.25) is 4.90 Å². The lowest BCUT2D eigenvalue weighted by Crippen LogP contribution is -2.54. The molecule has 2 saturated heterocycles. The van der Waals surface area contributed by atoms with Crippen LogP contribution in [0.5, 0.6) is 0 Å². The van der Waals surface area contributed by atoms with Gasteiger partial charge in [-0.15, -0.1) is 0 Å². The molecule has 2 aromatic rings. The van der Waals surface area contributed by atoms with E-state index in [1.807, 2.05) is 0 Å². The maximum absolute atomic E-state index is 6.41. The number of fused-ring (bicyclic) bond motifs is 2. The normalized spacial score (nSPS) is 31.1. The number of benzene rings is 2. The van der Waals surface area contributed by atoms with Crippen molar-refractivity contribution in [1.82, 2.24) is 10.2 Å². The van der Waals surface area contributed by atoms with Crippen LogP contribution in [0.25, 0.3) is 0 Å². The van der Waals surface area contributed by atoms with Gasteiger partial charge in [0.2, 0.25) is 0 Å². The topological polar surface area (TPSA) is 15.3 Å². The van der Waals surface area contributed by atoms with Gasteiger partial charge in [0.25, 0.3) is 0 Å². The quantitative estimate of drug-likeness (QED) is 0.537. The second-order valence-corrected chi connectivity index (χ2v) is 10.7. The highest BCUT2D eigenvalue weighted by molar-refractivity contribution is 9.10. The lowest BCUT2D eigenvalue weighted by atomic mass is 9.74. The monoisotopic (exact) mass is 472 g/mol. The van der Waals surface area contributed by atoms with Crippen molar-refractivity contribution in [3.63, 3.8) is 0 Å². The smallest absolute Gasteiger partial charge is 0.0551 e. The molecule has 29 heavy (non-hydrogen) atoms. The lowest BCUT2D eigenvalue weighted by Gasteiger charge is -2.49. The van der Waals surface area contributed by atoms with Gasteiger partial charge in [-0.05, 0) is 90.6 Å². The fraction of sp³-hybridized carbons (Fsp3) is 0.520. The van der Waals surface area contributed by atoms with Crippen LogP contribution in [-0.2, 0) is 6.54 Å². The molecule has 0 radical (unpaired) electrons. The van der Waals surface area contributed by atoms with Crippen LogP contribution in [0.4, 0.5) is 0 Å². The number of nitrogens with zero attached hydrogens (tertiary/aromatic N) is 1. The van der Waals surface area contributed by atoms with Gasteiger partial charge in [0, 0.05) is 35.2 Å². The van der Waals surface area contributed by atoms with E-state index >= 15 is 0 Å². The standard InChI is InChI=1S/C25H30BrClN2/c1-16-2-5-18(6-3-16)19-11-22(12-19)29(15-17-4-9-24(26)25(27)10-17)23-13-20-7-8-21(14-23)28-20/h2-6,9-10,19-23,28H,7-8,11-15H2,1H3. The Labute approximate surface area is 188 Å². The van der Waals surface area contributed by atoms with E-state index < -0.39 is 0 Å². The first-order valence-corrected chi connectivity index (χ1v) is 12.2. The Morgan fingerprint density at radius 2 is 1.62 bits per heavy atom. The van der Waals surface area contributed by atoms with Crippen molar-refractivity contribution in [2.24, 2.45) is 0 Å². The van der Waals surface area contributed by atoms with Crippen LogP contribution in [-0.4, -0.2) is 29.1 Å². The molecule has 2 heterocycles. The van der Waals surface area contributed by atoms with E-state index in [0.29, 0.717) is 12.1 Å². The van der Waals surface area contributed by atoms with Crippen LogP contribution < -0.4 is 5.32 Å². The van der Waals surface area contributed by atoms with Crippen molar-refractivity contribution in [2.75, 3.05) is 0 Å². The molecule has 2 bridgehead atoms. The maximum Gasteiger partial charge on any atom is 0.0551 e. The molecule has 2 unspecified atom stereocenters. The molecule has 5 rings (SSSR count). The minimum absolute atomic E-state index is 0.686. The largest absolute Gasteiger partial charge is 0.311 e. The van der Waals surface area contributed by atoms with Gasteiger partial charge in [0.15, 0.2) is 0 Å². The first-order chi connectivity index (χ1) is 14.0. The predicted octanol–water partition coefficient (Wildman–Crippen LogP) is 6.44. The average molecular weight is 474 g/mol. The lowest BCUT2D eigenvalue weighted by molar-refractivity contribution is 0.0348. The number of aryl methyl sites for hydroxylation is 1. The van der Waals surface area contributed by atoms with Crippen molar-refractivity contribution in [1.29, 1.82) is 0 Å². The molecule has 4 heteroatoms. The Bertz CT molecular complexity index is 850. The summed E-state index contributed by atoms with van der Waals surface area (Å²) in [6.45, 7) is 3.19. The van der Waals surface area contributed by atoms with Gasteiger partial charge in [-0.1, -0.05) is 47.5 Å². The Morgan fingerprint density at radius 1 is 0.966 bits per heavy atom. The zero-order valence-corrected chi connectivity index (χ0v) is 19.4. The molecule has 3 aliphatic rings. The van der Waals surface area contributed by atoms with Crippen molar-refractivity contribution >= 4 is 27.5 Å². The van der Waals surface area contributed by atoms with E-state index in [9.17, 15) is 0 Å². The van der Waals surface area contributed by atoms with Crippen molar-refractivity contribution in [3.05, 3.63) is 68.7 Å². The highest BCUT2D eigenvalue weighted by Gasteiger charge is 2.42. The van der Waals surface area contributed by atoms with Gasteiger partial charge in [0.05, 0.1) is 5.02 Å². The first kappa shape index (κ1) is 20.1. The Hall–Kier alpha value is -0.870. The Balaban J connectivity index is 1.33. The minimum Gasteiger partial charge on any atom is -0.311 e. The van der Waals surface area contributed by atoms with E-state index in [1.165, 1.54) is 55.2 Å². The highest BCUT2D eigenvalue weighted by atomic mass is 79.9. The highest BCUT2D eigenvalue weighted by Crippen LogP contribution is 2.43. The van der Waals surface area contributed by atoms with E-state index in [1.54, 1.807) is 0 Å². The van der Waals surface area contributed by atoms with Gasteiger partial charge in [-0.25, -0.2) is 0 Å². The number of halogens is 2. The van der Waals surface area contributed by atoms with Crippen molar-refractivity contribution < 1.29 is 0 Å². The summed E-state index contributed by atoms with van der Waals surface area (Å²) in [5.74, 6) is 0.718. The predicted molar refractivity (Wildman–Crippen MR) is 125 cm³/mol. The minimum atomic E-state index is 0.686. The third-order valence-corrected chi connectivity index (χ3v) is 8.63. The van der Waals surface area contributed by atoms with E-state index in [4.69, 9.17) is 11.6 Å².